The molecule has 4 aromatic rings. The van der Waals surface area contributed by atoms with Crippen molar-refractivity contribution in [3.63, 3.8) is 0 Å². The van der Waals surface area contributed by atoms with Gasteiger partial charge in [0.05, 0.1) is 17.1 Å². The molecular formula is C32H37BrFN5O4S. The van der Waals surface area contributed by atoms with E-state index in [-0.39, 0.29) is 22.9 Å². The number of nitrogens with zero attached hydrogens (tertiary/aromatic N) is 3. The Morgan fingerprint density at radius 3 is 2.43 bits per heavy atom. The number of amides is 1. The van der Waals surface area contributed by atoms with Crippen LogP contribution in [0.5, 0.6) is 0 Å². The highest BCUT2D eigenvalue weighted by molar-refractivity contribution is 9.10. The summed E-state index contributed by atoms with van der Waals surface area (Å²) in [7, 11) is -3.88. The first-order chi connectivity index (χ1) is 20.7. The van der Waals surface area contributed by atoms with Crippen LogP contribution in [0.1, 0.15) is 65.3 Å². The average molecular weight is 687 g/mol. The molecule has 0 bridgehead atoms. The minimum atomic E-state index is -3.88. The van der Waals surface area contributed by atoms with Crippen LogP contribution >= 0.6 is 15.9 Å². The lowest BCUT2D eigenvalue weighted by atomic mass is 10.0. The number of sulfonamides is 1. The number of carbonyl (C=O) groups is 1. The number of benzene rings is 3. The molecular weight excluding hydrogens is 649 g/mol. The molecule has 0 aliphatic rings. The molecule has 0 fully saturated rings. The molecule has 0 radical (unpaired) electrons. The van der Waals surface area contributed by atoms with E-state index >= 15 is 4.39 Å². The summed E-state index contributed by atoms with van der Waals surface area (Å²) in [5, 5.41) is 7.37. The number of rotatable bonds is 11. The number of halogens is 2. The summed E-state index contributed by atoms with van der Waals surface area (Å²) in [5.74, 6) is -0.248. The largest absolute Gasteiger partial charge is 0.351 e. The molecule has 2 N–H and O–H groups in total. The first-order valence-electron chi connectivity index (χ1n) is 14.4. The van der Waals surface area contributed by atoms with E-state index in [0.29, 0.717) is 45.6 Å². The zero-order chi connectivity index (χ0) is 32.2. The molecule has 1 amide bonds. The van der Waals surface area contributed by atoms with Crippen LogP contribution in [0, 0.1) is 5.82 Å². The Hall–Kier alpha value is -3.61. The first-order valence-corrected chi connectivity index (χ1v) is 16.7. The molecule has 3 aromatic carbocycles. The van der Waals surface area contributed by atoms with Crippen LogP contribution in [-0.4, -0.2) is 34.2 Å². The van der Waals surface area contributed by atoms with Crippen LogP contribution in [0.3, 0.4) is 0 Å². The van der Waals surface area contributed by atoms with Gasteiger partial charge in [-0.05, 0) is 79.0 Å². The number of hydrogen-bond acceptors (Lipinski definition) is 5. The van der Waals surface area contributed by atoms with Crippen LogP contribution in [0.4, 0.5) is 10.1 Å². The molecule has 0 unspecified atom stereocenters. The average Bonchev–Trinajstić information content (AvgIpc) is 3.27. The van der Waals surface area contributed by atoms with Crippen molar-refractivity contribution in [3.8, 4) is 16.8 Å². The van der Waals surface area contributed by atoms with Gasteiger partial charge in [-0.2, -0.15) is 4.68 Å². The highest BCUT2D eigenvalue weighted by atomic mass is 79.9. The summed E-state index contributed by atoms with van der Waals surface area (Å²) in [6, 6.07) is 16.1. The van der Waals surface area contributed by atoms with Crippen LogP contribution in [0.25, 0.3) is 16.8 Å². The maximum atomic E-state index is 15.6. The number of hydrogen-bond donors (Lipinski definition) is 2. The van der Waals surface area contributed by atoms with Crippen molar-refractivity contribution in [2.24, 2.45) is 0 Å². The second kappa shape index (κ2) is 13.6. The molecule has 0 atom stereocenters. The van der Waals surface area contributed by atoms with E-state index in [2.05, 4.69) is 31.1 Å². The Kier molecular flexibility index (Phi) is 10.3. The van der Waals surface area contributed by atoms with Gasteiger partial charge in [0.15, 0.2) is 0 Å². The predicted molar refractivity (Wildman–Crippen MR) is 174 cm³/mol. The number of anilines is 1. The fraction of sp³-hybridized carbons (Fsp3) is 0.344. The fourth-order valence-corrected chi connectivity index (χ4v) is 6.80. The Labute approximate surface area is 265 Å². The van der Waals surface area contributed by atoms with Gasteiger partial charge in [0.1, 0.15) is 11.6 Å². The normalized spacial score (nSPS) is 12.0. The van der Waals surface area contributed by atoms with Gasteiger partial charge >= 0.3 is 5.69 Å². The van der Waals surface area contributed by atoms with Gasteiger partial charge in [-0.25, -0.2) is 22.3 Å². The smallest absolute Gasteiger partial charge is 0.326 e. The second-order valence-electron chi connectivity index (χ2n) is 11.5. The number of carbonyl (C=O) groups excluding carboxylic acids is 1. The van der Waals surface area contributed by atoms with Crippen molar-refractivity contribution in [2.75, 3.05) is 5.32 Å². The van der Waals surface area contributed by atoms with Crippen molar-refractivity contribution in [1.82, 2.24) is 19.1 Å². The van der Waals surface area contributed by atoms with Crippen molar-refractivity contribution >= 4 is 37.5 Å². The maximum Gasteiger partial charge on any atom is 0.351 e. The Bertz CT molecular complexity index is 1840. The molecule has 234 valence electrons. The monoisotopic (exact) mass is 685 g/mol. The van der Waals surface area contributed by atoms with E-state index in [4.69, 9.17) is 0 Å². The summed E-state index contributed by atoms with van der Waals surface area (Å²) < 4.78 is 47.7. The third kappa shape index (κ3) is 7.72. The van der Waals surface area contributed by atoms with E-state index < -0.39 is 27.1 Å². The SMILES string of the molecule is CCCCC(=O)Nc1ccc(Br)c(-n2nc(CC)n(Cc3ccc(-c4ccccc4S(=O)(=O)NC(C)(C)C)cc3F)c2=O)c1. The highest BCUT2D eigenvalue weighted by Crippen LogP contribution is 2.30. The zero-order valence-corrected chi connectivity index (χ0v) is 27.9. The van der Waals surface area contributed by atoms with E-state index in [1.807, 2.05) is 13.8 Å². The van der Waals surface area contributed by atoms with Gasteiger partial charge in [0, 0.05) is 39.7 Å². The third-order valence-corrected chi connectivity index (χ3v) is 9.27. The van der Waals surface area contributed by atoms with E-state index in [1.165, 1.54) is 21.4 Å². The van der Waals surface area contributed by atoms with E-state index in [0.717, 1.165) is 12.8 Å². The van der Waals surface area contributed by atoms with Gasteiger partial charge in [0.25, 0.3) is 0 Å². The van der Waals surface area contributed by atoms with E-state index in [1.54, 1.807) is 69.3 Å². The molecule has 9 nitrogen and oxygen atoms in total. The molecule has 0 saturated heterocycles. The quantitative estimate of drug-likeness (QED) is 0.189. The van der Waals surface area contributed by atoms with Gasteiger partial charge < -0.3 is 5.32 Å². The summed E-state index contributed by atoms with van der Waals surface area (Å²) in [4.78, 5) is 25.9. The summed E-state index contributed by atoms with van der Waals surface area (Å²) in [5.41, 5.74) is 0.802. The molecule has 4 rings (SSSR count). The lowest BCUT2D eigenvalue weighted by Gasteiger charge is -2.21. The van der Waals surface area contributed by atoms with Crippen LogP contribution in [0.15, 0.2) is 74.8 Å². The van der Waals surface area contributed by atoms with Gasteiger partial charge in [-0.1, -0.05) is 50.6 Å². The molecule has 0 spiro atoms. The fourth-order valence-electron chi connectivity index (χ4n) is 4.74. The summed E-state index contributed by atoms with van der Waals surface area (Å²) in [6.07, 6.45) is 2.49. The van der Waals surface area contributed by atoms with Gasteiger partial charge in [-0.15, -0.1) is 5.10 Å². The molecule has 44 heavy (non-hydrogen) atoms. The second-order valence-corrected chi connectivity index (χ2v) is 14.0. The molecule has 12 heteroatoms. The number of unbranched alkanes of at least 4 members (excludes halogenated alkanes) is 1. The summed E-state index contributed by atoms with van der Waals surface area (Å²) in [6.45, 7) is 9.03. The van der Waals surface area contributed by atoms with Crippen LogP contribution < -0.4 is 15.7 Å². The Morgan fingerprint density at radius 2 is 1.77 bits per heavy atom. The minimum Gasteiger partial charge on any atom is -0.326 e. The topological polar surface area (TPSA) is 115 Å². The lowest BCUT2D eigenvalue weighted by Crippen LogP contribution is -2.40. The van der Waals surface area contributed by atoms with Crippen molar-refractivity contribution in [3.05, 3.63) is 92.8 Å². The molecule has 1 heterocycles. The van der Waals surface area contributed by atoms with Crippen molar-refractivity contribution < 1.29 is 17.6 Å². The Balaban J connectivity index is 1.67. The number of aromatic nitrogens is 3. The lowest BCUT2D eigenvalue weighted by molar-refractivity contribution is -0.116. The zero-order valence-electron chi connectivity index (χ0n) is 25.4. The number of aryl methyl sites for hydroxylation is 1. The predicted octanol–water partition coefficient (Wildman–Crippen LogP) is 6.42. The Morgan fingerprint density at radius 1 is 1.05 bits per heavy atom. The van der Waals surface area contributed by atoms with Crippen molar-refractivity contribution in [2.45, 2.75) is 77.3 Å². The van der Waals surface area contributed by atoms with Crippen LogP contribution in [0.2, 0.25) is 0 Å². The van der Waals surface area contributed by atoms with E-state index in [9.17, 15) is 18.0 Å². The molecule has 1 aromatic heterocycles. The molecule has 0 aliphatic carbocycles. The highest BCUT2D eigenvalue weighted by Gasteiger charge is 2.25. The maximum absolute atomic E-state index is 15.6. The molecule has 0 aliphatic heterocycles. The third-order valence-electron chi connectivity index (χ3n) is 6.78. The summed E-state index contributed by atoms with van der Waals surface area (Å²) >= 11 is 3.48. The minimum absolute atomic E-state index is 0.0437. The van der Waals surface area contributed by atoms with Crippen LogP contribution in [-0.2, 0) is 27.8 Å². The standard InChI is InChI=1S/C32H37BrFN5O4S/c1-6-8-13-30(40)35-23-16-17-25(33)27(19-23)39-31(41)38(29(7-2)36-39)20-22-15-14-21(18-26(22)34)24-11-9-10-12-28(24)44(42,43)37-32(3,4)5/h9-12,14-19,37H,6-8,13,20H2,1-5H3,(H,35,40). The number of nitrogens with one attached hydrogen (secondary N) is 2. The van der Waals surface area contributed by atoms with Gasteiger partial charge in [0.2, 0.25) is 15.9 Å². The van der Waals surface area contributed by atoms with Gasteiger partial charge in [-0.3, -0.25) is 9.36 Å². The first kappa shape index (κ1) is 33.3. The molecule has 0 saturated carbocycles. The van der Waals surface area contributed by atoms with Crippen molar-refractivity contribution in [1.29, 1.82) is 0 Å².